The number of carbonyl (C=O) groups is 1. The molecule has 0 saturated carbocycles. The molecule has 0 radical (unpaired) electrons. The fourth-order valence-electron chi connectivity index (χ4n) is 1.09. The minimum atomic E-state index is -4.53. The van der Waals surface area contributed by atoms with Crippen molar-refractivity contribution in [3.05, 3.63) is 33.8 Å². The Morgan fingerprint density at radius 2 is 2.11 bits per heavy atom. The molecule has 0 atom stereocenters. The molecule has 1 aromatic rings. The number of hydrogen-bond donors (Lipinski definition) is 2. The largest absolute Gasteiger partial charge is 0.416 e. The molecule has 0 bridgehead atoms. The first-order valence-electron chi connectivity index (χ1n) is 4.76. The van der Waals surface area contributed by atoms with Gasteiger partial charge in [0.25, 0.3) is 5.91 Å². The second-order valence-electron chi connectivity index (χ2n) is 3.20. The Labute approximate surface area is 109 Å². The summed E-state index contributed by atoms with van der Waals surface area (Å²) in [5.41, 5.74) is 0.785. The van der Waals surface area contributed by atoms with Crippen molar-refractivity contribution in [3.8, 4) is 0 Å². The lowest BCUT2D eigenvalue weighted by Gasteiger charge is -2.10. The van der Waals surface area contributed by atoms with Gasteiger partial charge in [0.05, 0.1) is 24.3 Å². The van der Waals surface area contributed by atoms with Gasteiger partial charge in [-0.1, -0.05) is 0 Å². The van der Waals surface area contributed by atoms with Gasteiger partial charge < -0.3 is 5.11 Å². The number of benzene rings is 1. The van der Waals surface area contributed by atoms with E-state index in [-0.39, 0.29) is 23.2 Å². The monoisotopic (exact) mass is 327 g/mol. The van der Waals surface area contributed by atoms with Crippen LogP contribution in [-0.4, -0.2) is 24.2 Å². The minimum absolute atomic E-state index is 0.150. The van der Waals surface area contributed by atoms with Gasteiger partial charge in [0.15, 0.2) is 0 Å². The molecule has 1 amide bonds. The summed E-state index contributed by atoms with van der Waals surface area (Å²) in [6, 6.07) is 2.70. The molecule has 0 fully saturated rings. The van der Waals surface area contributed by atoms with Crippen LogP contribution in [0, 0.1) is 0 Å². The average molecular weight is 328 g/mol. The first-order chi connectivity index (χ1) is 8.36. The summed E-state index contributed by atoms with van der Waals surface area (Å²) >= 11 is 2.97. The first-order valence-corrected chi connectivity index (χ1v) is 5.55. The highest BCUT2D eigenvalue weighted by Gasteiger charge is 2.31. The van der Waals surface area contributed by atoms with Crippen molar-refractivity contribution < 1.29 is 27.9 Å². The highest BCUT2D eigenvalue weighted by molar-refractivity contribution is 9.10. The van der Waals surface area contributed by atoms with E-state index >= 15 is 0 Å². The summed E-state index contributed by atoms with van der Waals surface area (Å²) < 4.78 is 37.6. The average Bonchev–Trinajstić information content (AvgIpc) is 2.28. The summed E-state index contributed by atoms with van der Waals surface area (Å²) in [5.74, 6) is -0.832. The molecule has 8 heteroatoms. The molecule has 1 aromatic carbocycles. The molecule has 18 heavy (non-hydrogen) atoms. The molecule has 4 nitrogen and oxygen atoms in total. The van der Waals surface area contributed by atoms with E-state index in [1.54, 1.807) is 0 Å². The maximum absolute atomic E-state index is 12.5. The number of nitrogens with one attached hydrogen (secondary N) is 1. The number of halogens is 4. The number of carbonyl (C=O) groups excluding carboxylic acids is 1. The fourth-order valence-corrected chi connectivity index (χ4v) is 1.52. The second-order valence-corrected chi connectivity index (χ2v) is 4.05. The predicted octanol–water partition coefficient (Wildman–Crippen LogP) is 2.12. The summed E-state index contributed by atoms with van der Waals surface area (Å²) in [4.78, 5) is 16.0. The summed E-state index contributed by atoms with van der Waals surface area (Å²) in [5, 5.41) is 8.42. The molecule has 100 valence electrons. The van der Waals surface area contributed by atoms with Crippen molar-refractivity contribution in [2.75, 3.05) is 13.2 Å². The summed E-state index contributed by atoms with van der Waals surface area (Å²) in [7, 11) is 0. The van der Waals surface area contributed by atoms with Crippen LogP contribution in [0.3, 0.4) is 0 Å². The van der Waals surface area contributed by atoms with Gasteiger partial charge in [0.1, 0.15) is 0 Å². The second kappa shape index (κ2) is 6.17. The van der Waals surface area contributed by atoms with Crippen molar-refractivity contribution in [2.45, 2.75) is 6.18 Å². The summed E-state index contributed by atoms with van der Waals surface area (Å²) in [6.45, 7) is -0.466. The van der Waals surface area contributed by atoms with Gasteiger partial charge in [-0.25, -0.2) is 5.48 Å². The number of aliphatic hydroxyl groups is 1. The zero-order valence-corrected chi connectivity index (χ0v) is 10.5. The zero-order valence-electron chi connectivity index (χ0n) is 8.92. The lowest BCUT2D eigenvalue weighted by molar-refractivity contribution is -0.137. The third kappa shape index (κ3) is 3.97. The number of amides is 1. The van der Waals surface area contributed by atoms with Crippen LogP contribution in [-0.2, 0) is 11.0 Å². The fraction of sp³-hybridized carbons (Fsp3) is 0.300. The van der Waals surface area contributed by atoms with Crippen LogP contribution in [0.4, 0.5) is 13.2 Å². The van der Waals surface area contributed by atoms with Crippen LogP contribution in [0.2, 0.25) is 0 Å². The van der Waals surface area contributed by atoms with Gasteiger partial charge in [-0.05, 0) is 34.1 Å². The third-order valence-electron chi connectivity index (χ3n) is 1.90. The van der Waals surface area contributed by atoms with Crippen LogP contribution < -0.4 is 5.48 Å². The molecule has 0 heterocycles. The van der Waals surface area contributed by atoms with Gasteiger partial charge in [0, 0.05) is 4.47 Å². The van der Waals surface area contributed by atoms with E-state index in [2.05, 4.69) is 20.8 Å². The minimum Gasteiger partial charge on any atom is -0.394 e. The number of hydroxylamine groups is 1. The third-order valence-corrected chi connectivity index (χ3v) is 2.59. The number of aliphatic hydroxyl groups excluding tert-OH is 1. The Bertz CT molecular complexity index is 437. The van der Waals surface area contributed by atoms with Gasteiger partial charge >= 0.3 is 6.18 Å². The topological polar surface area (TPSA) is 58.6 Å². The molecular weight excluding hydrogens is 319 g/mol. The SMILES string of the molecule is O=C(NOCCO)c1cc(C(F)(F)F)ccc1Br. The van der Waals surface area contributed by atoms with E-state index < -0.39 is 17.6 Å². The van der Waals surface area contributed by atoms with Crippen LogP contribution >= 0.6 is 15.9 Å². The number of hydrogen-bond acceptors (Lipinski definition) is 3. The van der Waals surface area contributed by atoms with E-state index in [9.17, 15) is 18.0 Å². The van der Waals surface area contributed by atoms with Crippen molar-refractivity contribution >= 4 is 21.8 Å². The van der Waals surface area contributed by atoms with Crippen LogP contribution in [0.25, 0.3) is 0 Å². The standard InChI is InChI=1S/C10H9BrF3NO3/c11-8-2-1-6(10(12,13)14)5-7(8)9(17)15-18-4-3-16/h1-2,5,16H,3-4H2,(H,15,17). The van der Waals surface area contributed by atoms with Crippen LogP contribution in [0.15, 0.2) is 22.7 Å². The molecule has 2 N–H and O–H groups in total. The van der Waals surface area contributed by atoms with Gasteiger partial charge in [-0.15, -0.1) is 0 Å². The van der Waals surface area contributed by atoms with Crippen molar-refractivity contribution in [1.29, 1.82) is 0 Å². The Balaban J connectivity index is 2.90. The molecule has 0 aliphatic heterocycles. The molecule has 0 saturated heterocycles. The highest BCUT2D eigenvalue weighted by atomic mass is 79.9. The highest BCUT2D eigenvalue weighted by Crippen LogP contribution is 2.31. The lowest BCUT2D eigenvalue weighted by atomic mass is 10.1. The smallest absolute Gasteiger partial charge is 0.394 e. The van der Waals surface area contributed by atoms with E-state index in [1.165, 1.54) is 0 Å². The van der Waals surface area contributed by atoms with Gasteiger partial charge in [0.2, 0.25) is 0 Å². The molecule has 0 spiro atoms. The normalized spacial score (nSPS) is 11.4. The predicted molar refractivity (Wildman–Crippen MR) is 59.6 cm³/mol. The quantitative estimate of drug-likeness (QED) is 0.658. The zero-order chi connectivity index (χ0) is 13.8. The molecule has 0 aliphatic rings. The van der Waals surface area contributed by atoms with Crippen molar-refractivity contribution in [2.24, 2.45) is 0 Å². The first kappa shape index (κ1) is 14.9. The van der Waals surface area contributed by atoms with Crippen molar-refractivity contribution in [1.82, 2.24) is 5.48 Å². The van der Waals surface area contributed by atoms with Gasteiger partial charge in [-0.3, -0.25) is 9.63 Å². The number of rotatable bonds is 4. The Kier molecular flexibility index (Phi) is 5.12. The van der Waals surface area contributed by atoms with E-state index in [0.717, 1.165) is 12.1 Å². The Morgan fingerprint density at radius 3 is 2.67 bits per heavy atom. The molecule has 1 rings (SSSR count). The van der Waals surface area contributed by atoms with E-state index in [4.69, 9.17) is 5.11 Å². The molecule has 0 aromatic heterocycles. The van der Waals surface area contributed by atoms with E-state index in [1.807, 2.05) is 5.48 Å². The van der Waals surface area contributed by atoms with Crippen LogP contribution in [0.1, 0.15) is 15.9 Å². The molecular formula is C10H9BrF3NO3. The van der Waals surface area contributed by atoms with E-state index in [0.29, 0.717) is 6.07 Å². The van der Waals surface area contributed by atoms with Crippen molar-refractivity contribution in [3.63, 3.8) is 0 Å². The molecule has 0 unspecified atom stereocenters. The maximum atomic E-state index is 12.5. The Hall–Kier alpha value is -1.12. The molecule has 0 aliphatic carbocycles. The lowest BCUT2D eigenvalue weighted by Crippen LogP contribution is -2.25. The maximum Gasteiger partial charge on any atom is 0.416 e. The Morgan fingerprint density at radius 1 is 1.44 bits per heavy atom. The number of alkyl halides is 3. The van der Waals surface area contributed by atoms with Gasteiger partial charge in [-0.2, -0.15) is 13.2 Å². The summed E-state index contributed by atoms with van der Waals surface area (Å²) in [6.07, 6.45) is -4.53. The van der Waals surface area contributed by atoms with Crippen LogP contribution in [0.5, 0.6) is 0 Å².